The average molecular weight is 306 g/mol. The van der Waals surface area contributed by atoms with E-state index < -0.39 is 11.7 Å². The number of methoxy groups -OCH3 is 1. The predicted octanol–water partition coefficient (Wildman–Crippen LogP) is 3.95. The Morgan fingerprint density at radius 3 is 2.45 bits per heavy atom. The van der Waals surface area contributed by atoms with Crippen molar-refractivity contribution in [3.63, 3.8) is 0 Å². The van der Waals surface area contributed by atoms with E-state index in [9.17, 15) is 13.2 Å². The lowest BCUT2D eigenvalue weighted by atomic mass is 10.1. The third kappa shape index (κ3) is 2.64. The molecule has 0 fully saturated rings. The summed E-state index contributed by atoms with van der Waals surface area (Å²) in [4.78, 5) is 4.33. The van der Waals surface area contributed by atoms with Crippen LogP contribution < -0.4 is 4.74 Å². The van der Waals surface area contributed by atoms with Crippen LogP contribution in [0.2, 0.25) is 0 Å². The fraction of sp³-hybridized carbons (Fsp3) is 0.188. The van der Waals surface area contributed by atoms with Crippen molar-refractivity contribution >= 4 is 5.52 Å². The molecule has 2 heterocycles. The summed E-state index contributed by atoms with van der Waals surface area (Å²) in [6.45, 7) is 0. The Bertz CT molecular complexity index is 791. The lowest BCUT2D eigenvalue weighted by Crippen LogP contribution is -2.05. The second-order valence-electron chi connectivity index (χ2n) is 4.87. The van der Waals surface area contributed by atoms with Crippen molar-refractivity contribution in [2.45, 2.75) is 12.6 Å². The highest BCUT2D eigenvalue weighted by atomic mass is 19.4. The molecule has 0 aliphatic rings. The first-order valence-electron chi connectivity index (χ1n) is 6.64. The lowest BCUT2D eigenvalue weighted by Gasteiger charge is -2.09. The molecule has 0 radical (unpaired) electrons. The number of imidazole rings is 1. The van der Waals surface area contributed by atoms with Gasteiger partial charge in [0.15, 0.2) is 5.88 Å². The van der Waals surface area contributed by atoms with E-state index in [2.05, 4.69) is 4.98 Å². The van der Waals surface area contributed by atoms with Crippen LogP contribution in [-0.2, 0) is 12.6 Å². The van der Waals surface area contributed by atoms with E-state index in [0.717, 1.165) is 23.2 Å². The standard InChI is InChI=1S/C16H13F3N2O/c1-22-15-4-2-3-13-10-20-14(21(13)15)9-11-5-7-12(8-6-11)16(17,18)19/h2-8,10H,9H2,1H3. The summed E-state index contributed by atoms with van der Waals surface area (Å²) in [6, 6.07) is 10.7. The van der Waals surface area contributed by atoms with Crippen LogP contribution in [0.4, 0.5) is 13.2 Å². The molecular formula is C16H13F3N2O. The molecule has 0 amide bonds. The summed E-state index contributed by atoms with van der Waals surface area (Å²) in [5, 5.41) is 0. The van der Waals surface area contributed by atoms with Crippen LogP contribution >= 0.6 is 0 Å². The van der Waals surface area contributed by atoms with Gasteiger partial charge in [0.25, 0.3) is 0 Å². The zero-order valence-electron chi connectivity index (χ0n) is 11.8. The minimum atomic E-state index is -4.32. The van der Waals surface area contributed by atoms with Gasteiger partial charge in [0.1, 0.15) is 5.82 Å². The van der Waals surface area contributed by atoms with Gasteiger partial charge >= 0.3 is 6.18 Å². The molecule has 3 rings (SSSR count). The van der Waals surface area contributed by atoms with Crippen LogP contribution in [0, 0.1) is 0 Å². The van der Waals surface area contributed by atoms with E-state index >= 15 is 0 Å². The van der Waals surface area contributed by atoms with Crippen LogP contribution in [0.5, 0.6) is 5.88 Å². The Hall–Kier alpha value is -2.50. The van der Waals surface area contributed by atoms with Crippen LogP contribution in [0.3, 0.4) is 0 Å². The van der Waals surface area contributed by atoms with Gasteiger partial charge in [-0.05, 0) is 29.8 Å². The largest absolute Gasteiger partial charge is 0.482 e. The summed E-state index contributed by atoms with van der Waals surface area (Å²) in [5.74, 6) is 1.35. The summed E-state index contributed by atoms with van der Waals surface area (Å²) in [7, 11) is 1.57. The minimum Gasteiger partial charge on any atom is -0.482 e. The Morgan fingerprint density at radius 2 is 1.82 bits per heavy atom. The molecule has 0 saturated carbocycles. The van der Waals surface area contributed by atoms with Gasteiger partial charge in [0, 0.05) is 6.42 Å². The summed E-state index contributed by atoms with van der Waals surface area (Å²) in [6.07, 6.45) is -2.18. The van der Waals surface area contributed by atoms with Crippen molar-refractivity contribution in [1.29, 1.82) is 0 Å². The van der Waals surface area contributed by atoms with E-state index in [1.54, 1.807) is 13.3 Å². The number of halogens is 3. The molecule has 0 bridgehead atoms. The van der Waals surface area contributed by atoms with Crippen LogP contribution in [-0.4, -0.2) is 16.5 Å². The van der Waals surface area contributed by atoms with E-state index in [4.69, 9.17) is 4.74 Å². The molecule has 0 aliphatic carbocycles. The van der Waals surface area contributed by atoms with Gasteiger partial charge in [-0.2, -0.15) is 13.2 Å². The van der Waals surface area contributed by atoms with Gasteiger partial charge in [0.2, 0.25) is 0 Å². The quantitative estimate of drug-likeness (QED) is 0.732. The minimum absolute atomic E-state index is 0.423. The van der Waals surface area contributed by atoms with Crippen molar-refractivity contribution in [3.05, 3.63) is 65.6 Å². The maximum atomic E-state index is 12.6. The number of benzene rings is 1. The van der Waals surface area contributed by atoms with E-state index in [1.807, 2.05) is 22.6 Å². The molecule has 0 unspecified atom stereocenters. The molecule has 6 heteroatoms. The number of rotatable bonds is 3. The van der Waals surface area contributed by atoms with Crippen molar-refractivity contribution in [2.75, 3.05) is 7.11 Å². The first kappa shape index (κ1) is 14.4. The molecule has 2 aromatic heterocycles. The van der Waals surface area contributed by atoms with Crippen molar-refractivity contribution in [1.82, 2.24) is 9.38 Å². The molecular weight excluding hydrogens is 293 g/mol. The van der Waals surface area contributed by atoms with Crippen molar-refractivity contribution in [3.8, 4) is 5.88 Å². The maximum Gasteiger partial charge on any atom is 0.416 e. The third-order valence-corrected chi connectivity index (χ3v) is 3.44. The fourth-order valence-corrected chi connectivity index (χ4v) is 2.36. The Balaban J connectivity index is 1.93. The number of alkyl halides is 3. The molecule has 0 atom stereocenters. The SMILES string of the molecule is COc1cccc2cnc(Cc3ccc(C(F)(F)F)cc3)n12. The predicted molar refractivity (Wildman–Crippen MR) is 76.0 cm³/mol. The van der Waals surface area contributed by atoms with Crippen molar-refractivity contribution < 1.29 is 17.9 Å². The van der Waals surface area contributed by atoms with Gasteiger partial charge in [-0.15, -0.1) is 0 Å². The summed E-state index contributed by atoms with van der Waals surface area (Å²) >= 11 is 0. The number of pyridine rings is 1. The molecule has 0 spiro atoms. The number of ether oxygens (including phenoxy) is 1. The Labute approximate surface area is 125 Å². The van der Waals surface area contributed by atoms with Gasteiger partial charge in [0.05, 0.1) is 24.4 Å². The molecule has 3 aromatic rings. The first-order valence-corrected chi connectivity index (χ1v) is 6.64. The Kier molecular flexibility index (Phi) is 3.52. The molecule has 1 aromatic carbocycles. The van der Waals surface area contributed by atoms with E-state index in [1.165, 1.54) is 12.1 Å². The van der Waals surface area contributed by atoms with E-state index in [0.29, 0.717) is 18.1 Å². The fourth-order valence-electron chi connectivity index (χ4n) is 2.36. The second-order valence-corrected chi connectivity index (χ2v) is 4.87. The highest BCUT2D eigenvalue weighted by molar-refractivity contribution is 5.49. The lowest BCUT2D eigenvalue weighted by molar-refractivity contribution is -0.137. The average Bonchev–Trinajstić information content (AvgIpc) is 2.90. The van der Waals surface area contributed by atoms with Gasteiger partial charge in [-0.1, -0.05) is 18.2 Å². The normalized spacial score (nSPS) is 11.8. The number of nitrogens with zero attached hydrogens (tertiary/aromatic N) is 2. The van der Waals surface area contributed by atoms with Crippen molar-refractivity contribution in [2.24, 2.45) is 0 Å². The van der Waals surface area contributed by atoms with Gasteiger partial charge in [-0.3, -0.25) is 4.40 Å². The third-order valence-electron chi connectivity index (χ3n) is 3.44. The number of hydrogen-bond donors (Lipinski definition) is 0. The number of hydrogen-bond acceptors (Lipinski definition) is 2. The first-order chi connectivity index (χ1) is 10.5. The molecule has 0 N–H and O–H groups in total. The van der Waals surface area contributed by atoms with Gasteiger partial charge < -0.3 is 4.74 Å². The molecule has 0 aliphatic heterocycles. The highest BCUT2D eigenvalue weighted by Gasteiger charge is 2.29. The molecule has 114 valence electrons. The number of fused-ring (bicyclic) bond motifs is 1. The Morgan fingerprint density at radius 1 is 1.09 bits per heavy atom. The molecule has 3 nitrogen and oxygen atoms in total. The monoisotopic (exact) mass is 306 g/mol. The second kappa shape index (κ2) is 5.36. The zero-order valence-corrected chi connectivity index (χ0v) is 11.8. The van der Waals surface area contributed by atoms with Gasteiger partial charge in [-0.25, -0.2) is 4.98 Å². The summed E-state index contributed by atoms with van der Waals surface area (Å²) in [5.41, 5.74) is 0.981. The van der Waals surface area contributed by atoms with Crippen LogP contribution in [0.1, 0.15) is 17.0 Å². The smallest absolute Gasteiger partial charge is 0.416 e. The topological polar surface area (TPSA) is 26.5 Å². The number of aromatic nitrogens is 2. The highest BCUT2D eigenvalue weighted by Crippen LogP contribution is 2.29. The van der Waals surface area contributed by atoms with E-state index in [-0.39, 0.29) is 0 Å². The van der Waals surface area contributed by atoms with Crippen LogP contribution in [0.15, 0.2) is 48.7 Å². The zero-order chi connectivity index (χ0) is 15.7. The van der Waals surface area contributed by atoms with Crippen LogP contribution in [0.25, 0.3) is 5.52 Å². The molecule has 0 saturated heterocycles. The molecule has 22 heavy (non-hydrogen) atoms. The maximum absolute atomic E-state index is 12.6. The summed E-state index contributed by atoms with van der Waals surface area (Å²) < 4.78 is 44.9.